The maximum absolute atomic E-state index is 15.5. The zero-order chi connectivity index (χ0) is 38.3. The summed E-state index contributed by atoms with van der Waals surface area (Å²) in [6.07, 6.45) is 3.78. The first-order valence-electron chi connectivity index (χ1n) is 15.5. The van der Waals surface area contributed by atoms with Crippen LogP contribution in [0.15, 0.2) is 48.9 Å². The number of aromatic nitrogens is 4. The molecule has 1 saturated heterocycles. The van der Waals surface area contributed by atoms with Crippen LogP contribution in [-0.2, 0) is 0 Å². The first-order valence-corrected chi connectivity index (χ1v) is 15.5. The van der Waals surface area contributed by atoms with E-state index in [1.54, 1.807) is 12.1 Å². The lowest BCUT2D eigenvalue weighted by Crippen LogP contribution is -2.72. The number of ether oxygens (including phenoxy) is 3. The number of nitrogens with one attached hydrogen (secondary N) is 3. The van der Waals surface area contributed by atoms with Crippen molar-refractivity contribution >= 4 is 123 Å². The quantitative estimate of drug-likeness (QED) is 0.166. The molecule has 2 aromatic carbocycles. The smallest absolute Gasteiger partial charge is 0.342 e. The molecule has 0 atom stereocenters. The van der Waals surface area contributed by atoms with Gasteiger partial charge in [0.2, 0.25) is 5.88 Å². The molecule has 2 aromatic heterocycles. The van der Waals surface area contributed by atoms with Crippen LogP contribution in [0.3, 0.4) is 0 Å². The topological polar surface area (TPSA) is 124 Å². The van der Waals surface area contributed by atoms with E-state index in [9.17, 15) is 4.79 Å². The fourth-order valence-corrected chi connectivity index (χ4v) is 5.67. The van der Waals surface area contributed by atoms with Crippen LogP contribution in [0.1, 0.15) is 12.8 Å². The van der Waals surface area contributed by atoms with Gasteiger partial charge in [0.1, 0.15) is 53.4 Å². The zero-order valence-corrected chi connectivity index (χ0v) is 27.8. The van der Waals surface area contributed by atoms with Crippen LogP contribution in [0.4, 0.5) is 20.7 Å². The molecule has 4 aromatic rings. The molecule has 3 N–H and O–H groups in total. The average Bonchev–Trinajstić information content (AvgIpc) is 3.48. The molecular weight excluding hydrogens is 647 g/mol. The lowest BCUT2D eigenvalue weighted by atomic mass is 9.12. The van der Waals surface area contributed by atoms with Crippen molar-refractivity contribution in [1.29, 1.82) is 0 Å². The van der Waals surface area contributed by atoms with E-state index in [1.165, 1.54) is 24.5 Å². The molecule has 234 valence electrons. The molecule has 5 rings (SSSR count). The van der Waals surface area contributed by atoms with Gasteiger partial charge in [-0.25, -0.2) is 19.2 Å². The van der Waals surface area contributed by atoms with E-state index in [1.807, 2.05) is 0 Å². The number of nitrogens with zero attached hydrogens (tertiary/aromatic N) is 4. The monoisotopic (exact) mass is 669 g/mol. The van der Waals surface area contributed by atoms with Crippen LogP contribution in [0, 0.1) is 5.82 Å². The van der Waals surface area contributed by atoms with Gasteiger partial charge in [0.15, 0.2) is 11.5 Å². The van der Waals surface area contributed by atoms with Crippen molar-refractivity contribution in [2.45, 2.75) is 45.1 Å². The number of halogens is 1. The number of anilines is 2. The third-order valence-corrected chi connectivity index (χ3v) is 8.00. The van der Waals surface area contributed by atoms with Gasteiger partial charge in [-0.2, -0.15) is 4.68 Å². The molecule has 1 fully saturated rings. The Hall–Kier alpha value is -3.67. The number of hydrogen-bond donors (Lipinski definition) is 3. The van der Waals surface area contributed by atoms with E-state index in [2.05, 4.69) is 31.0 Å². The van der Waals surface area contributed by atoms with Crippen LogP contribution in [0.5, 0.6) is 23.1 Å². The Labute approximate surface area is 316 Å². The molecule has 0 bridgehead atoms. The minimum Gasteiger partial charge on any atom is -0.512 e. The highest BCUT2D eigenvalue weighted by molar-refractivity contribution is 6.71. The Bertz CT molecular complexity index is 1890. The maximum atomic E-state index is 15.5. The Balaban J connectivity index is 1.36. The van der Waals surface area contributed by atoms with Gasteiger partial charge in [-0.1, -0.05) is 0 Å². The number of carbonyl (C=O) groups excluding carboxylic acids is 1. The highest BCUT2D eigenvalue weighted by atomic mass is 19.1. The average molecular weight is 667 g/mol. The second kappa shape index (κ2) is 14.6. The Morgan fingerprint density at radius 1 is 0.865 bits per heavy atom. The van der Waals surface area contributed by atoms with E-state index in [-0.39, 0.29) is 35.0 Å². The second-order valence-corrected chi connectivity index (χ2v) is 12.5. The van der Waals surface area contributed by atoms with Crippen LogP contribution in [-0.4, -0.2) is 150 Å². The lowest BCUT2D eigenvalue weighted by Gasteiger charge is -2.65. The highest BCUT2D eigenvalue weighted by Gasteiger charge is 2.54. The summed E-state index contributed by atoms with van der Waals surface area (Å²) in [6, 6.07) is 7.22. The van der Waals surface area contributed by atoms with Crippen molar-refractivity contribution < 1.29 is 23.4 Å². The molecule has 0 saturated carbocycles. The SMILES string of the molecule is [B]C([B])([B])Oc1cc2ncnc(Nc3ccc(Oc4ccn(C(=O)NC(C([B])([B])[B])(C([B])([B])[B])C([B])([B])[B])n4)cc3F)c2cc1OC1CCNCC1. The summed E-state index contributed by atoms with van der Waals surface area (Å²) in [5.41, 5.74) is -2.20. The van der Waals surface area contributed by atoms with Crippen molar-refractivity contribution in [3.63, 3.8) is 0 Å². The van der Waals surface area contributed by atoms with Crippen molar-refractivity contribution in [2.24, 2.45) is 0 Å². The summed E-state index contributed by atoms with van der Waals surface area (Å²) in [6.45, 7) is 1.54. The summed E-state index contributed by atoms with van der Waals surface area (Å²) in [5.74, 6) is -0.193. The fraction of sp³-hybridized carbons (Fsp3) is 0.357. The van der Waals surface area contributed by atoms with Gasteiger partial charge < -0.3 is 30.2 Å². The highest BCUT2D eigenvalue weighted by Crippen LogP contribution is 2.53. The molecular formula is C28H20B12FN7O4. The Morgan fingerprint density at radius 2 is 1.52 bits per heavy atom. The largest absolute Gasteiger partial charge is 0.512 e. The summed E-state index contributed by atoms with van der Waals surface area (Å²) in [4.78, 5) is 21.7. The summed E-state index contributed by atoms with van der Waals surface area (Å²) < 4.78 is 33.6. The number of benzene rings is 2. The Morgan fingerprint density at radius 3 is 2.12 bits per heavy atom. The molecule has 0 unspecified atom stereocenters. The van der Waals surface area contributed by atoms with Gasteiger partial charge >= 0.3 is 6.03 Å². The van der Waals surface area contributed by atoms with Gasteiger partial charge in [0, 0.05) is 29.8 Å². The van der Waals surface area contributed by atoms with E-state index in [0.29, 0.717) is 21.3 Å². The lowest BCUT2D eigenvalue weighted by molar-refractivity contribution is 0.154. The standard InChI is InChI=1S/C28H20B12FN7O4/c29-25(30,31)24(26(32,33)34,27(35,36)37)46-23(49)48-8-5-21(47-48)51-14-1-2-17(16(41)9-14)45-22-15-10-19(50-13-3-6-42-7-4-13)20(52-28(38,39)40)11-18(15)43-12-44-22/h1-2,5,8-13,42H,3-4,6-7H2,(H,46,49)(H,43,44,45). The van der Waals surface area contributed by atoms with Gasteiger partial charge in [-0.05, 0) is 55.0 Å². The summed E-state index contributed by atoms with van der Waals surface area (Å²) in [5, 5.41) is 3.22. The van der Waals surface area contributed by atoms with Gasteiger partial charge in [0.25, 0.3) is 0 Å². The number of rotatable bonds is 12. The van der Waals surface area contributed by atoms with E-state index >= 15 is 4.39 Å². The maximum Gasteiger partial charge on any atom is 0.342 e. The minimum absolute atomic E-state index is 0.00330. The summed E-state index contributed by atoms with van der Waals surface area (Å²) >= 11 is 0. The third kappa shape index (κ3) is 8.58. The van der Waals surface area contributed by atoms with Gasteiger partial charge in [-0.3, -0.25) is 0 Å². The normalized spacial score (nSPS) is 14.8. The van der Waals surface area contributed by atoms with Crippen LogP contribution < -0.4 is 30.2 Å². The van der Waals surface area contributed by atoms with E-state index in [4.69, 9.17) is 108 Å². The third-order valence-electron chi connectivity index (χ3n) is 8.00. The molecule has 1 aliphatic rings. The van der Waals surface area contributed by atoms with Gasteiger partial charge in [0.05, 0.1) is 81.8 Å². The summed E-state index contributed by atoms with van der Waals surface area (Å²) in [7, 11) is 69.6. The fourth-order valence-electron chi connectivity index (χ4n) is 5.67. The Kier molecular flexibility index (Phi) is 11.1. The van der Waals surface area contributed by atoms with Gasteiger partial charge in [-0.15, -0.1) is 20.4 Å². The predicted molar refractivity (Wildman–Crippen MR) is 205 cm³/mol. The molecule has 0 aliphatic carbocycles. The molecule has 11 nitrogen and oxygen atoms in total. The molecule has 24 radical (unpaired) electrons. The number of hydrogen-bond acceptors (Lipinski definition) is 9. The van der Waals surface area contributed by atoms with Crippen LogP contribution >= 0.6 is 0 Å². The first kappa shape index (κ1) is 39.5. The van der Waals surface area contributed by atoms with Crippen molar-refractivity contribution in [1.82, 2.24) is 30.4 Å². The number of fused-ring (bicyclic) bond motifs is 1. The van der Waals surface area contributed by atoms with Crippen molar-refractivity contribution in [3.05, 3.63) is 54.7 Å². The van der Waals surface area contributed by atoms with Crippen LogP contribution in [0.25, 0.3) is 10.9 Å². The molecule has 24 heteroatoms. The minimum atomic E-state index is -2.62. The molecule has 3 heterocycles. The zero-order valence-electron chi connectivity index (χ0n) is 27.8. The van der Waals surface area contributed by atoms with Crippen LogP contribution in [0.2, 0.25) is 15.3 Å². The molecule has 1 aliphatic heterocycles. The first-order chi connectivity index (χ1) is 24.1. The molecule has 52 heavy (non-hydrogen) atoms. The number of piperidine rings is 1. The molecule has 0 spiro atoms. The second-order valence-electron chi connectivity index (χ2n) is 12.5. The number of carbonyl (C=O) groups is 1. The molecule has 1 amide bonds. The number of amides is 1. The van der Waals surface area contributed by atoms with E-state index < -0.39 is 38.0 Å². The van der Waals surface area contributed by atoms with E-state index in [0.717, 1.165) is 38.2 Å². The van der Waals surface area contributed by atoms with Crippen molar-refractivity contribution in [3.8, 4) is 23.1 Å². The van der Waals surface area contributed by atoms with Crippen molar-refractivity contribution in [2.75, 3.05) is 18.4 Å². The predicted octanol–water partition coefficient (Wildman–Crippen LogP) is -0.838.